The van der Waals surface area contributed by atoms with E-state index in [-0.39, 0.29) is 11.9 Å². The first-order chi connectivity index (χ1) is 12.1. The van der Waals surface area contributed by atoms with E-state index >= 15 is 0 Å². The monoisotopic (exact) mass is 369 g/mol. The molecule has 1 aliphatic heterocycles. The van der Waals surface area contributed by atoms with Gasteiger partial charge in [-0.1, -0.05) is 18.2 Å². The number of aromatic nitrogens is 2. The van der Waals surface area contributed by atoms with Crippen LogP contribution in [0.25, 0.3) is 10.2 Å². The number of anilines is 1. The molecule has 0 aliphatic carbocycles. The van der Waals surface area contributed by atoms with Crippen LogP contribution in [0.2, 0.25) is 0 Å². The number of rotatable bonds is 4. The lowest BCUT2D eigenvalue weighted by molar-refractivity contribution is -0.118. The molecule has 1 unspecified atom stereocenters. The van der Waals surface area contributed by atoms with Crippen molar-refractivity contribution in [2.24, 2.45) is 0 Å². The maximum absolute atomic E-state index is 12.8. The Bertz CT molecular complexity index is 937. The number of fused-ring (bicyclic) bond motifs is 2. The highest BCUT2D eigenvalue weighted by atomic mass is 32.2. The topological polar surface area (TPSA) is 46.1 Å². The van der Waals surface area contributed by atoms with E-state index in [4.69, 9.17) is 0 Å². The molecule has 128 valence electrons. The van der Waals surface area contributed by atoms with E-state index in [0.29, 0.717) is 6.42 Å². The van der Waals surface area contributed by atoms with Crippen molar-refractivity contribution in [3.05, 3.63) is 47.1 Å². The summed E-state index contributed by atoms with van der Waals surface area (Å²) in [7, 11) is 0. The number of thiophene rings is 1. The smallest absolute Gasteiger partial charge is 0.228 e. The fraction of sp³-hybridized carbons (Fsp3) is 0.316. The van der Waals surface area contributed by atoms with Crippen LogP contribution in [0.15, 0.2) is 41.7 Å². The number of thioether (sulfide) groups is 1. The Labute approximate surface area is 155 Å². The highest BCUT2D eigenvalue weighted by Gasteiger charge is 2.30. The number of nitrogens with zero attached hydrogens (tertiary/aromatic N) is 3. The summed E-state index contributed by atoms with van der Waals surface area (Å²) in [6.07, 6.45) is 3.06. The minimum absolute atomic E-state index is 0.191. The molecule has 1 atom stereocenters. The lowest BCUT2D eigenvalue weighted by Crippen LogP contribution is -2.35. The maximum atomic E-state index is 12.8. The van der Waals surface area contributed by atoms with Crippen molar-refractivity contribution in [1.82, 2.24) is 9.97 Å². The number of benzene rings is 1. The van der Waals surface area contributed by atoms with Gasteiger partial charge in [-0.25, -0.2) is 9.97 Å². The minimum atomic E-state index is 0.191. The standard InChI is InChI=1S/C19H19N3OS2/c1-12-9-14-5-3-4-6-16(14)22(12)17(23)7-8-24-18-15-10-13(2)25-19(15)21-11-20-18/h3-6,10-12H,7-9H2,1-2H3. The van der Waals surface area contributed by atoms with Crippen LogP contribution >= 0.6 is 23.1 Å². The number of hydrogen-bond donors (Lipinski definition) is 0. The van der Waals surface area contributed by atoms with E-state index in [0.717, 1.165) is 33.1 Å². The molecule has 0 bridgehead atoms. The Kier molecular flexibility index (Phi) is 4.48. The van der Waals surface area contributed by atoms with Crippen LogP contribution in [0.3, 0.4) is 0 Å². The zero-order chi connectivity index (χ0) is 17.4. The van der Waals surface area contributed by atoms with E-state index in [1.54, 1.807) is 29.4 Å². The van der Waals surface area contributed by atoms with Gasteiger partial charge in [0.25, 0.3) is 0 Å². The molecule has 4 nitrogen and oxygen atoms in total. The van der Waals surface area contributed by atoms with Gasteiger partial charge in [0, 0.05) is 34.2 Å². The third-order valence-electron chi connectivity index (χ3n) is 4.45. The first-order valence-corrected chi connectivity index (χ1v) is 10.2. The van der Waals surface area contributed by atoms with E-state index in [1.165, 1.54) is 10.4 Å². The van der Waals surface area contributed by atoms with E-state index in [1.807, 2.05) is 23.1 Å². The van der Waals surface area contributed by atoms with Gasteiger partial charge in [-0.2, -0.15) is 0 Å². The molecule has 0 radical (unpaired) electrons. The number of aryl methyl sites for hydroxylation is 1. The van der Waals surface area contributed by atoms with Crippen LogP contribution in [-0.2, 0) is 11.2 Å². The SMILES string of the molecule is Cc1cc2c(SCCC(=O)N3c4ccccc4CC3C)ncnc2s1. The molecular weight excluding hydrogens is 350 g/mol. The zero-order valence-corrected chi connectivity index (χ0v) is 15.9. The second-order valence-corrected chi connectivity index (χ2v) is 8.62. The van der Waals surface area contributed by atoms with Crippen LogP contribution < -0.4 is 4.90 Å². The molecule has 0 N–H and O–H groups in total. The number of carbonyl (C=O) groups is 1. The summed E-state index contributed by atoms with van der Waals surface area (Å²) < 4.78 is 0. The summed E-state index contributed by atoms with van der Waals surface area (Å²) in [5.41, 5.74) is 2.34. The summed E-state index contributed by atoms with van der Waals surface area (Å²) >= 11 is 3.32. The normalized spacial score (nSPS) is 16.4. The van der Waals surface area contributed by atoms with Gasteiger partial charge < -0.3 is 4.90 Å². The molecule has 3 heterocycles. The number of para-hydroxylation sites is 1. The summed E-state index contributed by atoms with van der Waals surface area (Å²) in [5, 5.41) is 2.07. The molecule has 0 saturated carbocycles. The van der Waals surface area contributed by atoms with Crippen molar-refractivity contribution < 1.29 is 4.79 Å². The Morgan fingerprint density at radius 1 is 1.36 bits per heavy atom. The van der Waals surface area contributed by atoms with Crippen molar-refractivity contribution in [1.29, 1.82) is 0 Å². The van der Waals surface area contributed by atoms with Crippen LogP contribution in [0.1, 0.15) is 23.8 Å². The summed E-state index contributed by atoms with van der Waals surface area (Å²) in [5.74, 6) is 0.919. The highest BCUT2D eigenvalue weighted by Crippen LogP contribution is 2.33. The van der Waals surface area contributed by atoms with Crippen LogP contribution in [0, 0.1) is 6.92 Å². The average molecular weight is 370 g/mol. The lowest BCUT2D eigenvalue weighted by atomic mass is 10.1. The molecule has 1 aromatic carbocycles. The molecule has 1 amide bonds. The van der Waals surface area contributed by atoms with Gasteiger partial charge in [0.05, 0.1) is 0 Å². The van der Waals surface area contributed by atoms with Gasteiger partial charge in [-0.3, -0.25) is 4.79 Å². The summed E-state index contributed by atoms with van der Waals surface area (Å²) in [6, 6.07) is 10.6. The fourth-order valence-corrected chi connectivity index (χ4v) is 5.18. The predicted molar refractivity (Wildman–Crippen MR) is 105 cm³/mol. The van der Waals surface area contributed by atoms with Gasteiger partial charge in [-0.05, 0) is 38.0 Å². The molecule has 6 heteroatoms. The van der Waals surface area contributed by atoms with Crippen molar-refractivity contribution in [3.8, 4) is 0 Å². The second kappa shape index (κ2) is 6.77. The average Bonchev–Trinajstić information content (AvgIpc) is 3.13. The van der Waals surface area contributed by atoms with Crippen molar-refractivity contribution in [2.75, 3.05) is 10.7 Å². The van der Waals surface area contributed by atoms with Crippen molar-refractivity contribution in [3.63, 3.8) is 0 Å². The second-order valence-electron chi connectivity index (χ2n) is 6.30. The van der Waals surface area contributed by atoms with Crippen LogP contribution in [0.4, 0.5) is 5.69 Å². The van der Waals surface area contributed by atoms with Crippen molar-refractivity contribution in [2.45, 2.75) is 37.8 Å². The van der Waals surface area contributed by atoms with Gasteiger partial charge in [0.2, 0.25) is 5.91 Å². The Hall–Kier alpha value is -1.92. The predicted octanol–water partition coefficient (Wildman–Crippen LogP) is 4.46. The van der Waals surface area contributed by atoms with Gasteiger partial charge in [0.15, 0.2) is 0 Å². The summed E-state index contributed by atoms with van der Waals surface area (Å²) in [4.78, 5) is 25.7. The molecule has 3 aromatic rings. The highest BCUT2D eigenvalue weighted by molar-refractivity contribution is 7.99. The molecule has 1 aliphatic rings. The molecule has 2 aromatic heterocycles. The third kappa shape index (κ3) is 3.16. The molecular formula is C19H19N3OS2. The largest absolute Gasteiger partial charge is 0.309 e. The van der Waals surface area contributed by atoms with Crippen LogP contribution in [-0.4, -0.2) is 27.7 Å². The maximum Gasteiger partial charge on any atom is 0.228 e. The Morgan fingerprint density at radius 2 is 2.20 bits per heavy atom. The molecule has 0 spiro atoms. The van der Waals surface area contributed by atoms with Gasteiger partial charge in [-0.15, -0.1) is 23.1 Å². The quantitative estimate of drug-likeness (QED) is 0.503. The van der Waals surface area contributed by atoms with Crippen LogP contribution in [0.5, 0.6) is 0 Å². The minimum Gasteiger partial charge on any atom is -0.309 e. The Morgan fingerprint density at radius 3 is 3.08 bits per heavy atom. The fourth-order valence-electron chi connectivity index (χ4n) is 3.37. The number of hydrogen-bond acceptors (Lipinski definition) is 5. The Balaban J connectivity index is 1.44. The van der Waals surface area contributed by atoms with Crippen molar-refractivity contribution >= 4 is 44.9 Å². The first kappa shape index (κ1) is 16.5. The molecule has 4 rings (SSSR count). The third-order valence-corrected chi connectivity index (χ3v) is 6.41. The van der Waals surface area contributed by atoms with Gasteiger partial charge >= 0.3 is 0 Å². The van der Waals surface area contributed by atoms with E-state index in [9.17, 15) is 4.79 Å². The number of amides is 1. The van der Waals surface area contributed by atoms with E-state index in [2.05, 4.69) is 35.9 Å². The molecule has 0 saturated heterocycles. The lowest BCUT2D eigenvalue weighted by Gasteiger charge is -2.22. The van der Waals surface area contributed by atoms with E-state index < -0.39 is 0 Å². The zero-order valence-electron chi connectivity index (χ0n) is 14.2. The molecule has 25 heavy (non-hydrogen) atoms. The number of carbonyl (C=O) groups excluding carboxylic acids is 1. The first-order valence-electron chi connectivity index (χ1n) is 8.37. The summed E-state index contributed by atoms with van der Waals surface area (Å²) in [6.45, 7) is 4.20. The molecule has 0 fully saturated rings. The van der Waals surface area contributed by atoms with Gasteiger partial charge in [0.1, 0.15) is 16.2 Å².